The zero-order valence-electron chi connectivity index (χ0n) is 14.5. The molecule has 1 amide bonds. The van der Waals surface area contributed by atoms with Crippen LogP contribution in [-0.2, 0) is 0 Å². The molecule has 0 aliphatic carbocycles. The van der Waals surface area contributed by atoms with Gasteiger partial charge in [0, 0.05) is 13.3 Å². The quantitative estimate of drug-likeness (QED) is 0.339. The van der Waals surface area contributed by atoms with Gasteiger partial charge in [0.2, 0.25) is 0 Å². The number of aliphatic imine (C=N–C) groups is 2. The van der Waals surface area contributed by atoms with Crippen LogP contribution in [0.5, 0.6) is 5.75 Å². The molecular weight excluding hydrogens is 409 g/mol. The number of amidine groups is 2. The van der Waals surface area contributed by atoms with Gasteiger partial charge < -0.3 is 20.9 Å². The number of hydrogen-bond acceptors (Lipinski definition) is 5. The minimum Gasteiger partial charge on any atom is -0.505 e. The van der Waals surface area contributed by atoms with Crippen molar-refractivity contribution in [1.82, 2.24) is 10.0 Å². The molecule has 10 heteroatoms. The maximum atomic E-state index is 11.8. The SMILES string of the molecule is CNC(=O)c1cccc(N=C(NSC)C(N)=Nc2cccc(Cl)c2Cl)c1O. The fourth-order valence-corrected chi connectivity index (χ4v) is 2.73. The van der Waals surface area contributed by atoms with Crippen LogP contribution in [0.1, 0.15) is 10.4 Å². The van der Waals surface area contributed by atoms with E-state index in [-0.39, 0.29) is 33.7 Å². The number of nitrogens with one attached hydrogen (secondary N) is 2. The number of halogens is 2. The van der Waals surface area contributed by atoms with Crippen molar-refractivity contribution in [2.75, 3.05) is 13.3 Å². The summed E-state index contributed by atoms with van der Waals surface area (Å²) < 4.78 is 2.90. The molecule has 2 aromatic carbocycles. The normalized spacial score (nSPS) is 12.0. The first kappa shape index (κ1) is 20.9. The molecule has 0 radical (unpaired) electrons. The highest BCUT2D eigenvalue weighted by Crippen LogP contribution is 2.32. The number of carbonyl (C=O) groups is 1. The monoisotopic (exact) mass is 425 g/mol. The largest absolute Gasteiger partial charge is 0.505 e. The second kappa shape index (κ2) is 9.50. The number of benzene rings is 2. The number of hydrogen-bond donors (Lipinski definition) is 4. The number of phenolic OH excluding ortho intramolecular Hbond substituents is 1. The summed E-state index contributed by atoms with van der Waals surface area (Å²) in [7, 11) is 1.47. The average Bonchev–Trinajstić information content (AvgIpc) is 2.66. The second-order valence-electron chi connectivity index (χ2n) is 5.09. The minimum absolute atomic E-state index is 0.0262. The summed E-state index contributed by atoms with van der Waals surface area (Å²) in [4.78, 5) is 20.4. The third-order valence-corrected chi connectivity index (χ3v) is 4.54. The molecule has 0 aromatic heterocycles. The Kier molecular flexibility index (Phi) is 7.35. The van der Waals surface area contributed by atoms with E-state index in [4.69, 9.17) is 28.9 Å². The summed E-state index contributed by atoms with van der Waals surface area (Å²) in [5.41, 5.74) is 6.68. The van der Waals surface area contributed by atoms with Gasteiger partial charge >= 0.3 is 0 Å². The van der Waals surface area contributed by atoms with Crippen molar-refractivity contribution >= 4 is 64.1 Å². The Balaban J connectivity index is 2.49. The van der Waals surface area contributed by atoms with Gasteiger partial charge in [-0.05, 0) is 24.3 Å². The first-order valence-electron chi connectivity index (χ1n) is 7.59. The first-order valence-corrected chi connectivity index (χ1v) is 9.57. The van der Waals surface area contributed by atoms with Crippen molar-refractivity contribution in [3.63, 3.8) is 0 Å². The Hall–Kier alpha value is -2.42. The van der Waals surface area contributed by atoms with Crippen LogP contribution in [0.4, 0.5) is 11.4 Å². The van der Waals surface area contributed by atoms with Gasteiger partial charge in [0.1, 0.15) is 5.69 Å². The molecule has 0 heterocycles. The average molecular weight is 426 g/mol. The number of amides is 1. The second-order valence-corrected chi connectivity index (χ2v) is 6.49. The zero-order valence-corrected chi connectivity index (χ0v) is 16.8. The highest BCUT2D eigenvalue weighted by Gasteiger charge is 2.15. The maximum Gasteiger partial charge on any atom is 0.254 e. The number of nitrogens with two attached hydrogens (primary N) is 1. The fraction of sp³-hybridized carbons (Fsp3) is 0.118. The molecule has 0 aliphatic rings. The molecule has 0 fully saturated rings. The van der Waals surface area contributed by atoms with Gasteiger partial charge in [0.25, 0.3) is 5.91 Å². The van der Waals surface area contributed by atoms with E-state index in [0.717, 1.165) is 0 Å². The van der Waals surface area contributed by atoms with Crippen molar-refractivity contribution < 1.29 is 9.90 Å². The molecule has 0 bridgehead atoms. The Morgan fingerprint density at radius 1 is 1.15 bits per heavy atom. The van der Waals surface area contributed by atoms with Crippen LogP contribution in [0.25, 0.3) is 0 Å². The van der Waals surface area contributed by atoms with Crippen LogP contribution >= 0.6 is 35.1 Å². The summed E-state index contributed by atoms with van der Waals surface area (Å²) in [6, 6.07) is 9.61. The van der Waals surface area contributed by atoms with Crippen LogP contribution in [0.2, 0.25) is 10.0 Å². The zero-order chi connectivity index (χ0) is 20.0. The fourth-order valence-electron chi connectivity index (χ4n) is 2.05. The molecule has 0 aliphatic heterocycles. The van der Waals surface area contributed by atoms with E-state index in [9.17, 15) is 9.90 Å². The summed E-state index contributed by atoms with van der Waals surface area (Å²) in [6.07, 6.45) is 1.77. The third-order valence-electron chi connectivity index (χ3n) is 3.33. The van der Waals surface area contributed by atoms with Gasteiger partial charge in [-0.25, -0.2) is 9.98 Å². The van der Waals surface area contributed by atoms with Crippen LogP contribution < -0.4 is 15.8 Å². The van der Waals surface area contributed by atoms with E-state index in [1.54, 1.807) is 36.6 Å². The number of para-hydroxylation sites is 1. The van der Waals surface area contributed by atoms with Crippen molar-refractivity contribution in [3.05, 3.63) is 52.0 Å². The molecule has 0 saturated carbocycles. The van der Waals surface area contributed by atoms with Crippen LogP contribution in [0, 0.1) is 0 Å². The number of carbonyl (C=O) groups excluding carboxylic acids is 1. The van der Waals surface area contributed by atoms with E-state index in [2.05, 4.69) is 20.0 Å². The Morgan fingerprint density at radius 3 is 2.48 bits per heavy atom. The summed E-state index contributed by atoms with van der Waals surface area (Å²) in [5, 5.41) is 13.4. The van der Waals surface area contributed by atoms with Gasteiger partial charge in [-0.3, -0.25) is 4.79 Å². The van der Waals surface area contributed by atoms with Crippen LogP contribution in [0.3, 0.4) is 0 Å². The summed E-state index contributed by atoms with van der Waals surface area (Å²) in [5.74, 6) is -0.497. The van der Waals surface area contributed by atoms with E-state index in [0.29, 0.717) is 10.7 Å². The lowest BCUT2D eigenvalue weighted by Gasteiger charge is -2.10. The molecular formula is C17H17Cl2N5O2S. The Morgan fingerprint density at radius 2 is 1.81 bits per heavy atom. The topological polar surface area (TPSA) is 112 Å². The lowest BCUT2D eigenvalue weighted by molar-refractivity contribution is 0.0960. The Bertz CT molecular complexity index is 918. The van der Waals surface area contributed by atoms with E-state index < -0.39 is 5.91 Å². The molecule has 2 rings (SSSR count). The van der Waals surface area contributed by atoms with Gasteiger partial charge in [-0.2, -0.15) is 0 Å². The predicted molar refractivity (Wildman–Crippen MR) is 113 cm³/mol. The number of rotatable bonds is 4. The predicted octanol–water partition coefficient (Wildman–Crippen LogP) is 3.65. The highest BCUT2D eigenvalue weighted by molar-refractivity contribution is 7.97. The molecule has 2 aromatic rings. The molecule has 0 unspecified atom stereocenters. The first-order chi connectivity index (χ1) is 12.9. The minimum atomic E-state index is -0.434. The van der Waals surface area contributed by atoms with Crippen molar-refractivity contribution in [3.8, 4) is 5.75 Å². The van der Waals surface area contributed by atoms with Crippen molar-refractivity contribution in [1.29, 1.82) is 0 Å². The smallest absolute Gasteiger partial charge is 0.254 e. The molecule has 0 spiro atoms. The standard InChI is InChI=1S/C17H17Cl2N5O2S/c1-21-17(26)9-5-3-8-12(14(9)25)23-16(24-27-2)15(20)22-11-7-4-6-10(18)13(11)19/h3-8,25H,1-2H3,(H2,20,22)(H,21,26)(H,23,24). The molecule has 5 N–H and O–H groups in total. The number of nitrogens with zero attached hydrogens (tertiary/aromatic N) is 2. The van der Waals surface area contributed by atoms with Gasteiger partial charge in [0.15, 0.2) is 17.4 Å². The lowest BCUT2D eigenvalue weighted by Crippen LogP contribution is -2.32. The van der Waals surface area contributed by atoms with E-state index in [1.807, 2.05) is 0 Å². The van der Waals surface area contributed by atoms with Gasteiger partial charge in [0.05, 0.1) is 21.3 Å². The van der Waals surface area contributed by atoms with E-state index in [1.165, 1.54) is 25.1 Å². The molecule has 7 nitrogen and oxygen atoms in total. The number of aromatic hydroxyl groups is 1. The lowest BCUT2D eigenvalue weighted by atomic mass is 10.1. The Labute approximate surface area is 170 Å². The number of phenols is 1. The van der Waals surface area contributed by atoms with Crippen molar-refractivity contribution in [2.24, 2.45) is 15.7 Å². The van der Waals surface area contributed by atoms with Crippen molar-refractivity contribution in [2.45, 2.75) is 0 Å². The van der Waals surface area contributed by atoms with E-state index >= 15 is 0 Å². The molecule has 0 saturated heterocycles. The third kappa shape index (κ3) is 5.06. The van der Waals surface area contributed by atoms with Gasteiger partial charge in [-0.1, -0.05) is 47.3 Å². The highest BCUT2D eigenvalue weighted by atomic mass is 35.5. The van der Waals surface area contributed by atoms with Crippen LogP contribution in [0.15, 0.2) is 46.4 Å². The maximum absolute atomic E-state index is 11.8. The molecule has 27 heavy (non-hydrogen) atoms. The molecule has 142 valence electrons. The molecule has 0 atom stereocenters. The summed E-state index contributed by atoms with van der Waals surface area (Å²) >= 11 is 13.4. The van der Waals surface area contributed by atoms with Crippen LogP contribution in [-0.4, -0.2) is 36.0 Å². The summed E-state index contributed by atoms with van der Waals surface area (Å²) in [6.45, 7) is 0. The van der Waals surface area contributed by atoms with Gasteiger partial charge in [-0.15, -0.1) is 0 Å².